The molecule has 0 saturated heterocycles. The molecule has 4 rings (SSSR count). The van der Waals surface area contributed by atoms with E-state index in [4.69, 9.17) is 4.74 Å². The van der Waals surface area contributed by atoms with Gasteiger partial charge in [0.2, 0.25) is 11.8 Å². The molecule has 1 N–H and O–H groups in total. The Balaban J connectivity index is 1.81. The van der Waals surface area contributed by atoms with Gasteiger partial charge < -0.3 is 15.0 Å². The second-order valence-corrected chi connectivity index (χ2v) is 14.9. The molecule has 0 saturated carbocycles. The highest BCUT2D eigenvalue weighted by atomic mass is 79.9. The van der Waals surface area contributed by atoms with Gasteiger partial charge in [0.25, 0.3) is 10.0 Å². The highest BCUT2D eigenvalue weighted by molar-refractivity contribution is 9.10. The highest BCUT2D eigenvalue weighted by Gasteiger charge is 2.35. The van der Waals surface area contributed by atoms with Crippen molar-refractivity contribution in [1.29, 1.82) is 0 Å². The largest absolute Gasteiger partial charge is 0.496 e. The molecular weight excluding hydrogens is 746 g/mol. The third-order valence-corrected chi connectivity index (χ3v) is 10.8. The van der Waals surface area contributed by atoms with Gasteiger partial charge in [0.05, 0.1) is 22.2 Å². The lowest BCUT2D eigenvalue weighted by Crippen LogP contribution is -2.54. The molecule has 248 valence electrons. The van der Waals surface area contributed by atoms with Gasteiger partial charge in [0.15, 0.2) is 0 Å². The fourth-order valence-corrected chi connectivity index (χ4v) is 7.35. The predicted molar refractivity (Wildman–Crippen MR) is 193 cm³/mol. The van der Waals surface area contributed by atoms with Crippen LogP contribution in [0.15, 0.2) is 111 Å². The fraction of sp³-hybridized carbons (Fsp3) is 0.278. The smallest absolute Gasteiger partial charge is 0.264 e. The molecule has 2 atom stereocenters. The molecule has 8 nitrogen and oxygen atoms in total. The van der Waals surface area contributed by atoms with Crippen LogP contribution in [0.3, 0.4) is 0 Å². The van der Waals surface area contributed by atoms with Gasteiger partial charge in [-0.25, -0.2) is 8.42 Å². The number of sulfonamides is 1. The van der Waals surface area contributed by atoms with E-state index in [1.165, 1.54) is 24.1 Å². The molecule has 47 heavy (non-hydrogen) atoms. The number of carbonyl (C=O) groups excluding carboxylic acids is 2. The predicted octanol–water partition coefficient (Wildman–Crippen LogP) is 7.28. The summed E-state index contributed by atoms with van der Waals surface area (Å²) in [6.45, 7) is 5.35. The zero-order chi connectivity index (χ0) is 34.1. The van der Waals surface area contributed by atoms with Crippen molar-refractivity contribution in [3.05, 3.63) is 123 Å². The summed E-state index contributed by atoms with van der Waals surface area (Å²) in [5.74, 6) is -0.360. The van der Waals surface area contributed by atoms with Gasteiger partial charge in [-0.15, -0.1) is 0 Å². The fourth-order valence-electron chi connectivity index (χ4n) is 4.96. The Hall–Kier alpha value is -3.67. The highest BCUT2D eigenvalue weighted by Crippen LogP contribution is 2.31. The third kappa shape index (κ3) is 9.46. The monoisotopic (exact) mass is 783 g/mol. The number of carbonyl (C=O) groups is 2. The first-order chi connectivity index (χ1) is 22.4. The summed E-state index contributed by atoms with van der Waals surface area (Å²) in [6.07, 6.45) is 0.954. The molecule has 4 aromatic carbocycles. The topological polar surface area (TPSA) is 96.0 Å². The van der Waals surface area contributed by atoms with E-state index in [-0.39, 0.29) is 29.8 Å². The number of hydrogen-bond donors (Lipinski definition) is 1. The van der Waals surface area contributed by atoms with Crippen molar-refractivity contribution in [2.45, 2.75) is 57.1 Å². The molecule has 0 unspecified atom stereocenters. The van der Waals surface area contributed by atoms with Crippen molar-refractivity contribution in [1.82, 2.24) is 10.2 Å². The number of ether oxygens (including phenoxy) is 1. The third-order valence-electron chi connectivity index (χ3n) is 7.85. The summed E-state index contributed by atoms with van der Waals surface area (Å²) in [5.41, 5.74) is 2.92. The number of halogens is 2. The normalized spacial score (nSPS) is 12.6. The van der Waals surface area contributed by atoms with E-state index in [0.717, 1.165) is 25.5 Å². The van der Waals surface area contributed by atoms with Crippen LogP contribution in [0.5, 0.6) is 5.75 Å². The molecule has 0 aliphatic carbocycles. The van der Waals surface area contributed by atoms with Gasteiger partial charge in [0, 0.05) is 23.5 Å². The number of benzene rings is 4. The molecule has 0 bridgehead atoms. The maximum Gasteiger partial charge on any atom is 0.264 e. The van der Waals surface area contributed by atoms with Crippen molar-refractivity contribution in [2.24, 2.45) is 0 Å². The van der Waals surface area contributed by atoms with E-state index >= 15 is 0 Å². The van der Waals surface area contributed by atoms with E-state index in [1.54, 1.807) is 30.3 Å². The minimum Gasteiger partial charge on any atom is -0.496 e. The average molecular weight is 786 g/mol. The average Bonchev–Trinajstić information content (AvgIpc) is 3.06. The molecule has 0 spiro atoms. The summed E-state index contributed by atoms with van der Waals surface area (Å²) in [7, 11) is -2.76. The van der Waals surface area contributed by atoms with Crippen molar-refractivity contribution in [3.8, 4) is 5.75 Å². The maximum atomic E-state index is 14.6. The van der Waals surface area contributed by atoms with Crippen molar-refractivity contribution >= 4 is 59.4 Å². The molecular formula is C36H39Br2N3O5S. The summed E-state index contributed by atoms with van der Waals surface area (Å²) in [5, 5.41) is 3.06. The Morgan fingerprint density at radius 2 is 1.55 bits per heavy atom. The number of rotatable bonds is 14. The van der Waals surface area contributed by atoms with Gasteiger partial charge in [-0.2, -0.15) is 0 Å². The van der Waals surface area contributed by atoms with Gasteiger partial charge in [-0.3, -0.25) is 13.9 Å². The summed E-state index contributed by atoms with van der Waals surface area (Å²) in [4.78, 5) is 30.0. The number of methoxy groups -OCH3 is 1. The zero-order valence-electron chi connectivity index (χ0n) is 26.8. The summed E-state index contributed by atoms with van der Waals surface area (Å²) < 4.78 is 36.4. The van der Waals surface area contributed by atoms with Gasteiger partial charge in [-0.1, -0.05) is 83.0 Å². The molecule has 0 radical (unpaired) electrons. The second-order valence-electron chi connectivity index (χ2n) is 11.3. The molecule has 11 heteroatoms. The molecule has 0 aromatic heterocycles. The minimum absolute atomic E-state index is 0.0200. The van der Waals surface area contributed by atoms with Crippen LogP contribution in [-0.2, 0) is 32.6 Å². The number of nitrogens with zero attached hydrogens (tertiary/aromatic N) is 2. The number of aryl methyl sites for hydroxylation is 1. The Kier molecular flexibility index (Phi) is 12.6. The lowest BCUT2D eigenvalue weighted by atomic mass is 10.0. The first-order valence-electron chi connectivity index (χ1n) is 15.2. The molecule has 0 aliphatic rings. The number of anilines is 1. The number of amides is 2. The first kappa shape index (κ1) is 36.2. The van der Waals surface area contributed by atoms with Crippen LogP contribution in [0, 0.1) is 6.92 Å². The SMILES string of the molecule is CC[C@H](C)NC(=O)[C@@H](Cc1ccccc1)N(Cc1ccc(Br)cc1)C(=O)CN(c1ccc(C)cc1)S(=O)(=O)c1ccc(OC)c(Br)c1. The van der Waals surface area contributed by atoms with Crippen LogP contribution in [0.4, 0.5) is 5.69 Å². The van der Waals surface area contributed by atoms with Crippen LogP contribution in [0.1, 0.15) is 37.0 Å². The van der Waals surface area contributed by atoms with Crippen LogP contribution in [0.2, 0.25) is 0 Å². The van der Waals surface area contributed by atoms with Gasteiger partial charge >= 0.3 is 0 Å². The van der Waals surface area contributed by atoms with Crippen molar-refractivity contribution < 1.29 is 22.7 Å². The Bertz CT molecular complexity index is 1770. The van der Waals surface area contributed by atoms with E-state index in [1.807, 2.05) is 75.4 Å². The Labute approximate surface area is 294 Å². The lowest BCUT2D eigenvalue weighted by Gasteiger charge is -2.34. The Morgan fingerprint density at radius 3 is 2.15 bits per heavy atom. The molecule has 0 heterocycles. The van der Waals surface area contributed by atoms with E-state index in [2.05, 4.69) is 37.2 Å². The van der Waals surface area contributed by atoms with Gasteiger partial charge in [-0.05, 0) is 89.8 Å². The summed E-state index contributed by atoms with van der Waals surface area (Å²) in [6, 6.07) is 27.3. The van der Waals surface area contributed by atoms with Crippen molar-refractivity contribution in [2.75, 3.05) is 18.0 Å². The van der Waals surface area contributed by atoms with Gasteiger partial charge in [0.1, 0.15) is 18.3 Å². The van der Waals surface area contributed by atoms with Crippen LogP contribution in [-0.4, -0.2) is 50.9 Å². The quantitative estimate of drug-likeness (QED) is 0.145. The van der Waals surface area contributed by atoms with Crippen molar-refractivity contribution in [3.63, 3.8) is 0 Å². The first-order valence-corrected chi connectivity index (χ1v) is 18.3. The van der Waals surface area contributed by atoms with E-state index < -0.39 is 28.5 Å². The standard InChI is InChI=1S/C36H39Br2N3O5S/c1-5-26(3)39-36(43)33(21-27-9-7-6-8-10-27)40(23-28-13-15-29(37)16-14-28)35(42)24-41(30-17-11-25(2)12-18-30)47(44,45)31-19-20-34(46-4)32(38)22-31/h6-20,22,26,33H,5,21,23-24H2,1-4H3,(H,39,43)/t26-,33+/m0/s1. The van der Waals surface area contributed by atoms with E-state index in [9.17, 15) is 18.0 Å². The lowest BCUT2D eigenvalue weighted by molar-refractivity contribution is -0.140. The zero-order valence-corrected chi connectivity index (χ0v) is 30.8. The Morgan fingerprint density at radius 1 is 0.894 bits per heavy atom. The minimum atomic E-state index is -4.26. The van der Waals surface area contributed by atoms with Crippen LogP contribution < -0.4 is 14.4 Å². The van der Waals surface area contributed by atoms with Crippen LogP contribution >= 0.6 is 31.9 Å². The molecule has 2 amide bonds. The maximum absolute atomic E-state index is 14.6. The molecule has 0 fully saturated rings. The number of hydrogen-bond acceptors (Lipinski definition) is 5. The summed E-state index contributed by atoms with van der Waals surface area (Å²) >= 11 is 6.86. The second kappa shape index (κ2) is 16.4. The number of nitrogens with one attached hydrogen (secondary N) is 1. The molecule has 4 aromatic rings. The van der Waals surface area contributed by atoms with E-state index in [0.29, 0.717) is 22.3 Å². The van der Waals surface area contributed by atoms with Crippen LogP contribution in [0.25, 0.3) is 0 Å². The molecule has 0 aliphatic heterocycles.